The predicted octanol–water partition coefficient (Wildman–Crippen LogP) is 1.08. The van der Waals surface area contributed by atoms with Gasteiger partial charge in [0, 0.05) is 17.9 Å². The van der Waals surface area contributed by atoms with Gasteiger partial charge in [0.05, 0.1) is 0 Å². The summed E-state index contributed by atoms with van der Waals surface area (Å²) in [7, 11) is -3.36. The molecular weight excluding hydrogens is 282 g/mol. The second kappa shape index (κ2) is 7.04. The molecule has 0 spiro atoms. The fourth-order valence-corrected chi connectivity index (χ4v) is 2.23. The lowest BCUT2D eigenvalue weighted by Crippen LogP contribution is -2.23. The number of rotatable bonds is 7. The molecule has 0 unspecified atom stereocenters. The summed E-state index contributed by atoms with van der Waals surface area (Å²) in [6, 6.07) is 6.70. The van der Waals surface area contributed by atoms with E-state index in [-0.39, 0.29) is 12.2 Å². The van der Waals surface area contributed by atoms with E-state index in [9.17, 15) is 18.0 Å². The lowest BCUT2D eigenvalue weighted by atomic mass is 10.1. The molecule has 1 aromatic carbocycles. The number of hydrogen-bond donors (Lipinski definition) is 2. The van der Waals surface area contributed by atoms with Crippen molar-refractivity contribution in [2.75, 3.05) is 16.8 Å². The van der Waals surface area contributed by atoms with Crippen LogP contribution in [0.1, 0.15) is 18.9 Å². The van der Waals surface area contributed by atoms with Gasteiger partial charge >= 0.3 is 5.97 Å². The first-order valence-electron chi connectivity index (χ1n) is 6.13. The molecule has 0 aliphatic heterocycles. The second-order valence-corrected chi connectivity index (χ2v) is 6.67. The van der Waals surface area contributed by atoms with Crippen molar-refractivity contribution in [1.82, 2.24) is 0 Å². The highest BCUT2D eigenvalue weighted by Gasteiger charge is 2.14. The Kier molecular flexibility index (Phi) is 5.69. The van der Waals surface area contributed by atoms with Crippen LogP contribution < -0.4 is 5.32 Å². The minimum Gasteiger partial charge on any atom is -0.481 e. The molecule has 0 radical (unpaired) electrons. The molecule has 0 saturated carbocycles. The smallest absolute Gasteiger partial charge is 0.303 e. The van der Waals surface area contributed by atoms with Gasteiger partial charge in [0.2, 0.25) is 5.91 Å². The van der Waals surface area contributed by atoms with Gasteiger partial charge in [-0.3, -0.25) is 9.59 Å². The van der Waals surface area contributed by atoms with Gasteiger partial charge in [-0.25, -0.2) is 8.42 Å². The van der Waals surface area contributed by atoms with Crippen molar-refractivity contribution >= 4 is 27.4 Å². The van der Waals surface area contributed by atoms with Crippen LogP contribution in [-0.2, 0) is 25.8 Å². The van der Waals surface area contributed by atoms with E-state index >= 15 is 0 Å². The van der Waals surface area contributed by atoms with E-state index < -0.39 is 27.5 Å². The summed E-state index contributed by atoms with van der Waals surface area (Å²) in [5, 5.41) is 11.1. The van der Waals surface area contributed by atoms with Crippen LogP contribution in [-0.4, -0.2) is 36.9 Å². The highest BCUT2D eigenvalue weighted by atomic mass is 32.2. The first kappa shape index (κ1) is 16.2. The average molecular weight is 299 g/mol. The zero-order chi connectivity index (χ0) is 15.2. The van der Waals surface area contributed by atoms with Crippen LogP contribution in [0.5, 0.6) is 0 Å². The van der Waals surface area contributed by atoms with Gasteiger partial charge in [0.15, 0.2) is 9.84 Å². The van der Waals surface area contributed by atoms with E-state index in [4.69, 9.17) is 5.11 Å². The molecule has 1 aromatic rings. The van der Waals surface area contributed by atoms with Gasteiger partial charge in [-0.1, -0.05) is 19.1 Å². The molecule has 0 bridgehead atoms. The molecule has 0 aliphatic rings. The van der Waals surface area contributed by atoms with E-state index in [1.165, 1.54) is 6.92 Å². The molecule has 0 atom stereocenters. The molecule has 1 amide bonds. The number of carboxylic acid groups (broad SMARTS) is 1. The predicted molar refractivity (Wildman–Crippen MR) is 75.4 cm³/mol. The highest BCUT2D eigenvalue weighted by Crippen LogP contribution is 2.12. The zero-order valence-corrected chi connectivity index (χ0v) is 11.9. The molecule has 0 heterocycles. The third kappa shape index (κ3) is 5.83. The van der Waals surface area contributed by atoms with E-state index in [0.717, 1.165) is 5.56 Å². The third-order valence-corrected chi connectivity index (χ3v) is 4.21. The van der Waals surface area contributed by atoms with Gasteiger partial charge < -0.3 is 10.4 Å². The Labute approximate surface area is 117 Å². The summed E-state index contributed by atoms with van der Waals surface area (Å²) in [4.78, 5) is 22.1. The lowest BCUT2D eigenvalue weighted by molar-refractivity contribution is -0.137. The SMILES string of the molecule is CCS(=O)(=O)CC(=O)Nc1cccc(CCC(=O)O)c1. The Balaban J connectivity index is 2.66. The molecule has 0 aliphatic carbocycles. The first-order chi connectivity index (χ1) is 9.32. The summed E-state index contributed by atoms with van der Waals surface area (Å²) in [5.41, 5.74) is 1.23. The molecule has 0 fully saturated rings. The fourth-order valence-electron chi connectivity index (χ4n) is 1.55. The van der Waals surface area contributed by atoms with E-state index in [2.05, 4.69) is 5.32 Å². The van der Waals surface area contributed by atoms with Crippen LogP contribution in [0, 0.1) is 0 Å². The minimum atomic E-state index is -3.36. The van der Waals surface area contributed by atoms with E-state index in [0.29, 0.717) is 12.1 Å². The quantitative estimate of drug-likeness (QED) is 0.784. The van der Waals surface area contributed by atoms with Gasteiger partial charge in [-0.15, -0.1) is 0 Å². The molecular formula is C13H17NO5S. The number of hydrogen-bond acceptors (Lipinski definition) is 4. The van der Waals surface area contributed by atoms with Crippen LogP contribution in [0.3, 0.4) is 0 Å². The molecule has 20 heavy (non-hydrogen) atoms. The monoisotopic (exact) mass is 299 g/mol. The Morgan fingerprint density at radius 3 is 2.60 bits per heavy atom. The third-order valence-electron chi connectivity index (χ3n) is 2.63. The fraction of sp³-hybridized carbons (Fsp3) is 0.385. The summed E-state index contributed by atoms with van der Waals surface area (Å²) in [6.07, 6.45) is 0.355. The highest BCUT2D eigenvalue weighted by molar-refractivity contribution is 7.92. The van der Waals surface area contributed by atoms with Crippen molar-refractivity contribution in [2.45, 2.75) is 19.8 Å². The average Bonchev–Trinajstić information content (AvgIpc) is 2.36. The molecule has 0 aromatic heterocycles. The van der Waals surface area contributed by atoms with Gasteiger partial charge in [-0.2, -0.15) is 0 Å². The molecule has 7 heteroatoms. The van der Waals surface area contributed by atoms with Crippen LogP contribution in [0.2, 0.25) is 0 Å². The minimum absolute atomic E-state index is 0.00160. The molecule has 0 saturated heterocycles. The van der Waals surface area contributed by atoms with Crippen LogP contribution >= 0.6 is 0 Å². The van der Waals surface area contributed by atoms with Crippen molar-refractivity contribution in [3.05, 3.63) is 29.8 Å². The molecule has 2 N–H and O–H groups in total. The first-order valence-corrected chi connectivity index (χ1v) is 7.95. The van der Waals surface area contributed by atoms with E-state index in [1.54, 1.807) is 24.3 Å². The normalized spacial score (nSPS) is 11.1. The Morgan fingerprint density at radius 1 is 1.30 bits per heavy atom. The Hall–Kier alpha value is -1.89. The van der Waals surface area contributed by atoms with Crippen LogP contribution in [0.15, 0.2) is 24.3 Å². The van der Waals surface area contributed by atoms with Crippen molar-refractivity contribution < 1.29 is 23.1 Å². The Morgan fingerprint density at radius 2 is 2.00 bits per heavy atom. The number of benzene rings is 1. The maximum absolute atomic E-state index is 11.6. The summed E-state index contributed by atoms with van der Waals surface area (Å²) in [5.74, 6) is -2.13. The zero-order valence-electron chi connectivity index (χ0n) is 11.1. The summed E-state index contributed by atoms with van der Waals surface area (Å²) >= 11 is 0. The van der Waals surface area contributed by atoms with Crippen molar-refractivity contribution in [2.24, 2.45) is 0 Å². The number of carboxylic acids is 1. The molecule has 110 valence electrons. The topological polar surface area (TPSA) is 101 Å². The number of carbonyl (C=O) groups is 2. The second-order valence-electron chi connectivity index (χ2n) is 4.32. The number of aryl methyl sites for hydroxylation is 1. The van der Waals surface area contributed by atoms with Crippen molar-refractivity contribution in [1.29, 1.82) is 0 Å². The van der Waals surface area contributed by atoms with Gasteiger partial charge in [0.1, 0.15) is 5.75 Å². The van der Waals surface area contributed by atoms with Crippen LogP contribution in [0.25, 0.3) is 0 Å². The summed E-state index contributed by atoms with van der Waals surface area (Å²) < 4.78 is 22.6. The largest absolute Gasteiger partial charge is 0.481 e. The lowest BCUT2D eigenvalue weighted by Gasteiger charge is -2.07. The number of aliphatic carboxylic acids is 1. The number of carbonyl (C=O) groups excluding carboxylic acids is 1. The number of anilines is 1. The van der Waals surface area contributed by atoms with Gasteiger partial charge in [-0.05, 0) is 24.1 Å². The van der Waals surface area contributed by atoms with E-state index in [1.807, 2.05) is 0 Å². The Bertz CT molecular complexity index is 595. The standard InChI is InChI=1S/C13H17NO5S/c1-2-20(18,19)9-12(15)14-11-5-3-4-10(8-11)6-7-13(16)17/h3-5,8H,2,6-7,9H2,1H3,(H,14,15)(H,16,17). The van der Waals surface area contributed by atoms with Crippen LogP contribution in [0.4, 0.5) is 5.69 Å². The summed E-state index contributed by atoms with van der Waals surface area (Å²) in [6.45, 7) is 1.48. The number of amides is 1. The number of sulfone groups is 1. The molecule has 1 rings (SSSR count). The number of nitrogens with one attached hydrogen (secondary N) is 1. The van der Waals surface area contributed by atoms with Gasteiger partial charge in [0.25, 0.3) is 0 Å². The maximum atomic E-state index is 11.6. The van der Waals surface area contributed by atoms with Crippen molar-refractivity contribution in [3.63, 3.8) is 0 Å². The maximum Gasteiger partial charge on any atom is 0.303 e. The molecule has 6 nitrogen and oxygen atoms in total. The van der Waals surface area contributed by atoms with Crippen molar-refractivity contribution in [3.8, 4) is 0 Å².